The van der Waals surface area contributed by atoms with E-state index >= 15 is 0 Å². The number of ether oxygens (including phenoxy) is 1. The molecule has 3 atom stereocenters. The molecule has 0 aromatic carbocycles. The number of carbonyl (C=O) groups excluding carboxylic acids is 1. The fourth-order valence-corrected chi connectivity index (χ4v) is 7.12. The number of methoxy groups -OCH3 is 1. The van der Waals surface area contributed by atoms with Crippen molar-refractivity contribution in [3.63, 3.8) is 0 Å². The maximum absolute atomic E-state index is 13.3. The van der Waals surface area contributed by atoms with E-state index in [9.17, 15) is 4.79 Å². The lowest BCUT2D eigenvalue weighted by atomic mass is 9.70. The summed E-state index contributed by atoms with van der Waals surface area (Å²) in [7, 11) is 3.82. The van der Waals surface area contributed by atoms with Crippen LogP contribution in [0.4, 0.5) is 4.79 Å². The molecule has 0 radical (unpaired) electrons. The average Bonchev–Trinajstić information content (AvgIpc) is 2.85. The highest BCUT2D eigenvalue weighted by atomic mass is 16.5. The number of likely N-dealkylation sites (N-methyl/N-ethyl adjacent to an activating group) is 1. The Morgan fingerprint density at radius 1 is 0.939 bits per heavy atom. The molecule has 33 heavy (non-hydrogen) atoms. The molecule has 3 rings (SSSR count). The number of rotatable bonds is 12. The van der Waals surface area contributed by atoms with E-state index in [2.05, 4.69) is 15.5 Å². The van der Waals surface area contributed by atoms with Gasteiger partial charge in [-0.25, -0.2) is 4.79 Å². The molecule has 0 bridgehead atoms. The molecule has 3 unspecified atom stereocenters. The van der Waals surface area contributed by atoms with E-state index in [4.69, 9.17) is 4.74 Å². The first-order valence-corrected chi connectivity index (χ1v) is 14.4. The lowest BCUT2D eigenvalue weighted by molar-refractivity contribution is 0.0908. The van der Waals surface area contributed by atoms with Crippen LogP contribution in [0, 0.1) is 23.7 Å². The summed E-state index contributed by atoms with van der Waals surface area (Å²) < 4.78 is 5.31. The predicted molar refractivity (Wildman–Crippen MR) is 138 cm³/mol. The second kappa shape index (κ2) is 15.2. The minimum atomic E-state index is 0.192. The summed E-state index contributed by atoms with van der Waals surface area (Å²) >= 11 is 0. The largest absolute Gasteiger partial charge is 0.385 e. The Balaban J connectivity index is 1.55. The van der Waals surface area contributed by atoms with Gasteiger partial charge in [0.2, 0.25) is 0 Å². The molecule has 1 saturated heterocycles. The Bertz CT molecular complexity index is 531. The van der Waals surface area contributed by atoms with Crippen LogP contribution in [0.25, 0.3) is 0 Å². The Labute approximate surface area is 204 Å². The normalized spacial score (nSPS) is 25.0. The number of likely N-dealkylation sites (tertiary alicyclic amines) is 1. The third-order valence-corrected chi connectivity index (χ3v) is 8.86. The number of nitrogens with zero attached hydrogens (tertiary/aromatic N) is 1. The van der Waals surface area contributed by atoms with Crippen molar-refractivity contribution >= 4 is 6.03 Å². The van der Waals surface area contributed by atoms with E-state index in [1.54, 1.807) is 0 Å². The number of nitrogens with one attached hydrogen (secondary N) is 2. The van der Waals surface area contributed by atoms with E-state index in [1.807, 2.05) is 14.2 Å². The van der Waals surface area contributed by atoms with Crippen LogP contribution in [-0.2, 0) is 4.74 Å². The van der Waals surface area contributed by atoms with Crippen molar-refractivity contribution < 1.29 is 9.53 Å². The van der Waals surface area contributed by atoms with Gasteiger partial charge in [0.05, 0.1) is 0 Å². The first kappa shape index (κ1) is 26.8. The van der Waals surface area contributed by atoms with Gasteiger partial charge in [-0.2, -0.15) is 0 Å². The molecule has 2 aliphatic carbocycles. The monoisotopic (exact) mass is 463 g/mol. The third kappa shape index (κ3) is 9.05. The number of carbonyl (C=O) groups is 1. The maximum Gasteiger partial charge on any atom is 0.317 e. The predicted octanol–water partition coefficient (Wildman–Crippen LogP) is 5.98. The fraction of sp³-hybridized carbons (Fsp3) is 0.964. The summed E-state index contributed by atoms with van der Waals surface area (Å²) in [5, 5.41) is 6.77. The molecule has 1 aliphatic heterocycles. The lowest BCUT2D eigenvalue weighted by Crippen LogP contribution is -2.52. The number of amides is 2. The van der Waals surface area contributed by atoms with E-state index in [-0.39, 0.29) is 12.1 Å². The van der Waals surface area contributed by atoms with Crippen LogP contribution in [-0.4, -0.2) is 57.4 Å². The van der Waals surface area contributed by atoms with Crippen molar-refractivity contribution in [2.75, 3.05) is 40.4 Å². The highest BCUT2D eigenvalue weighted by molar-refractivity contribution is 5.74. The van der Waals surface area contributed by atoms with Gasteiger partial charge in [0.1, 0.15) is 0 Å². The molecule has 0 aromatic rings. The van der Waals surface area contributed by atoms with E-state index < -0.39 is 0 Å². The van der Waals surface area contributed by atoms with Crippen molar-refractivity contribution in [3.8, 4) is 0 Å². The minimum Gasteiger partial charge on any atom is -0.385 e. The zero-order valence-electron chi connectivity index (χ0n) is 21.8. The van der Waals surface area contributed by atoms with Crippen LogP contribution in [0.2, 0.25) is 0 Å². The quantitative estimate of drug-likeness (QED) is 0.350. The van der Waals surface area contributed by atoms with Gasteiger partial charge >= 0.3 is 6.03 Å². The van der Waals surface area contributed by atoms with E-state index in [0.29, 0.717) is 5.92 Å². The molecular formula is C28H53N3O2. The second-order valence-electron chi connectivity index (χ2n) is 11.3. The maximum atomic E-state index is 13.3. The summed E-state index contributed by atoms with van der Waals surface area (Å²) in [6.45, 7) is 3.65. The molecule has 1 heterocycles. The minimum absolute atomic E-state index is 0.192. The van der Waals surface area contributed by atoms with Crippen LogP contribution in [0.5, 0.6) is 0 Å². The first-order valence-electron chi connectivity index (χ1n) is 14.4. The Morgan fingerprint density at radius 3 is 2.33 bits per heavy atom. The van der Waals surface area contributed by atoms with Gasteiger partial charge in [-0.1, -0.05) is 70.6 Å². The van der Waals surface area contributed by atoms with Crippen molar-refractivity contribution in [3.05, 3.63) is 0 Å². The molecule has 192 valence electrons. The third-order valence-electron chi connectivity index (χ3n) is 8.86. The van der Waals surface area contributed by atoms with E-state index in [0.717, 1.165) is 50.4 Å². The van der Waals surface area contributed by atoms with Gasteiger partial charge in [0.25, 0.3) is 0 Å². The molecule has 2 saturated carbocycles. The topological polar surface area (TPSA) is 53.6 Å². The lowest BCUT2D eigenvalue weighted by Gasteiger charge is -2.42. The average molecular weight is 464 g/mol. The SMILES string of the molecule is CNCC(CC1CCCCC1)NC(=O)N1CCCC(C(CCCCOC)C2CCCCC2)C1. The van der Waals surface area contributed by atoms with Crippen LogP contribution in [0.15, 0.2) is 0 Å². The van der Waals surface area contributed by atoms with Gasteiger partial charge in [-0.15, -0.1) is 0 Å². The van der Waals surface area contributed by atoms with Gasteiger partial charge in [-0.05, 0) is 62.8 Å². The molecule has 3 aliphatic rings. The molecule has 0 spiro atoms. The van der Waals surface area contributed by atoms with Gasteiger partial charge in [0.15, 0.2) is 0 Å². The molecule has 2 amide bonds. The fourth-order valence-electron chi connectivity index (χ4n) is 7.12. The highest BCUT2D eigenvalue weighted by Crippen LogP contribution is 2.40. The summed E-state index contributed by atoms with van der Waals surface area (Å²) in [5.74, 6) is 3.12. The molecule has 3 fully saturated rings. The summed E-state index contributed by atoms with van der Waals surface area (Å²) in [6.07, 6.45) is 21.2. The van der Waals surface area contributed by atoms with Crippen molar-refractivity contribution in [1.29, 1.82) is 0 Å². The standard InChI is InChI=1S/C28H53N3O2/c1-29-21-26(20-23-12-5-3-6-13-23)30-28(32)31-18-11-16-25(22-31)27(17-9-10-19-33-2)24-14-7-4-8-15-24/h23-27,29H,3-22H2,1-2H3,(H,30,32). The zero-order valence-corrected chi connectivity index (χ0v) is 21.8. The van der Waals surface area contributed by atoms with Crippen molar-refractivity contribution in [2.45, 2.75) is 109 Å². The van der Waals surface area contributed by atoms with Crippen LogP contribution in [0.1, 0.15) is 103 Å². The Hall–Kier alpha value is -0.810. The zero-order chi connectivity index (χ0) is 23.3. The molecule has 2 N–H and O–H groups in total. The summed E-state index contributed by atoms with van der Waals surface area (Å²) in [5.41, 5.74) is 0. The van der Waals surface area contributed by atoms with E-state index in [1.165, 1.54) is 96.3 Å². The highest BCUT2D eigenvalue weighted by Gasteiger charge is 2.34. The molecular weight excluding hydrogens is 410 g/mol. The first-order chi connectivity index (χ1) is 16.2. The number of hydrogen-bond acceptors (Lipinski definition) is 3. The second-order valence-corrected chi connectivity index (χ2v) is 11.3. The number of unbranched alkanes of at least 4 members (excludes halogenated alkanes) is 1. The summed E-state index contributed by atoms with van der Waals surface area (Å²) in [6, 6.07) is 0.451. The Kier molecular flexibility index (Phi) is 12.4. The van der Waals surface area contributed by atoms with Gasteiger partial charge in [-0.3, -0.25) is 0 Å². The van der Waals surface area contributed by atoms with Gasteiger partial charge < -0.3 is 20.3 Å². The van der Waals surface area contributed by atoms with Crippen LogP contribution >= 0.6 is 0 Å². The number of piperidine rings is 1. The molecule has 5 heteroatoms. The Morgan fingerprint density at radius 2 is 1.64 bits per heavy atom. The summed E-state index contributed by atoms with van der Waals surface area (Å²) in [4.78, 5) is 15.5. The van der Waals surface area contributed by atoms with Gasteiger partial charge in [0, 0.05) is 39.4 Å². The van der Waals surface area contributed by atoms with Crippen LogP contribution in [0.3, 0.4) is 0 Å². The van der Waals surface area contributed by atoms with Crippen LogP contribution < -0.4 is 10.6 Å². The molecule has 5 nitrogen and oxygen atoms in total. The number of hydrogen-bond donors (Lipinski definition) is 2. The number of urea groups is 1. The molecule has 0 aromatic heterocycles. The van der Waals surface area contributed by atoms with Crippen molar-refractivity contribution in [2.24, 2.45) is 23.7 Å². The smallest absolute Gasteiger partial charge is 0.317 e. The van der Waals surface area contributed by atoms with Crippen molar-refractivity contribution in [1.82, 2.24) is 15.5 Å².